The number of thioether (sulfide) groups is 1. The van der Waals surface area contributed by atoms with Gasteiger partial charge in [-0.25, -0.2) is 0 Å². The second-order valence-corrected chi connectivity index (χ2v) is 7.04. The normalized spacial score (nSPS) is 16.7. The molecular weight excluding hydrogens is 296 g/mol. The molecule has 1 aliphatic rings. The molecule has 5 heteroatoms. The Balaban J connectivity index is 1.76. The maximum Gasteiger partial charge on any atom is 0.232 e. The average molecular weight is 322 g/mol. The van der Waals surface area contributed by atoms with Crippen LogP contribution in [0.4, 0.5) is 5.69 Å². The molecule has 1 N–H and O–H groups in total. The number of carbonyl (C=O) groups excluding carboxylic acids is 1. The largest absolute Gasteiger partial charge is 0.396 e. The lowest BCUT2D eigenvalue weighted by atomic mass is 10.2. The smallest absolute Gasteiger partial charge is 0.232 e. The minimum atomic E-state index is 0.191. The van der Waals surface area contributed by atoms with E-state index in [4.69, 9.17) is 5.11 Å². The van der Waals surface area contributed by atoms with E-state index in [2.05, 4.69) is 36.1 Å². The zero-order chi connectivity index (χ0) is 15.9. The molecule has 1 atom stereocenters. The first kappa shape index (κ1) is 17.2. The third-order valence-electron chi connectivity index (χ3n) is 3.94. The van der Waals surface area contributed by atoms with E-state index >= 15 is 0 Å². The molecule has 122 valence electrons. The summed E-state index contributed by atoms with van der Waals surface area (Å²) in [4.78, 5) is 16.5. The van der Waals surface area contributed by atoms with E-state index in [-0.39, 0.29) is 18.4 Å². The third kappa shape index (κ3) is 4.92. The Morgan fingerprint density at radius 2 is 2.05 bits per heavy atom. The summed E-state index contributed by atoms with van der Waals surface area (Å²) in [5, 5.41) is 8.99. The van der Waals surface area contributed by atoms with Gasteiger partial charge in [-0.1, -0.05) is 19.1 Å². The van der Waals surface area contributed by atoms with E-state index < -0.39 is 0 Å². The molecule has 1 amide bonds. The number of benzene rings is 1. The second kappa shape index (κ2) is 8.44. The number of carbonyl (C=O) groups is 1. The van der Waals surface area contributed by atoms with Crippen LogP contribution >= 0.6 is 11.8 Å². The second-order valence-electron chi connectivity index (χ2n) is 6.01. The van der Waals surface area contributed by atoms with Crippen LogP contribution in [0, 0.1) is 12.8 Å². The van der Waals surface area contributed by atoms with Crippen LogP contribution in [-0.4, -0.2) is 60.2 Å². The Bertz CT molecular complexity index is 487. The van der Waals surface area contributed by atoms with Crippen molar-refractivity contribution in [2.24, 2.45) is 5.92 Å². The van der Waals surface area contributed by atoms with E-state index in [0.717, 1.165) is 31.9 Å². The molecule has 1 aromatic rings. The third-order valence-corrected chi connectivity index (χ3v) is 5.19. The van der Waals surface area contributed by atoms with Gasteiger partial charge in [-0.3, -0.25) is 4.79 Å². The molecule has 0 spiro atoms. The van der Waals surface area contributed by atoms with Gasteiger partial charge in [-0.05, 0) is 36.3 Å². The van der Waals surface area contributed by atoms with Crippen LogP contribution in [-0.2, 0) is 4.79 Å². The first-order valence-electron chi connectivity index (χ1n) is 7.88. The van der Waals surface area contributed by atoms with Crippen molar-refractivity contribution in [3.8, 4) is 0 Å². The highest BCUT2D eigenvalue weighted by molar-refractivity contribution is 7.99. The van der Waals surface area contributed by atoms with Gasteiger partial charge < -0.3 is 14.9 Å². The van der Waals surface area contributed by atoms with E-state index in [1.165, 1.54) is 11.3 Å². The fraction of sp³-hybridized carbons (Fsp3) is 0.588. The molecule has 1 saturated heterocycles. The predicted octanol–water partition coefficient (Wildman–Crippen LogP) is 2.01. The van der Waals surface area contributed by atoms with Gasteiger partial charge in [-0.2, -0.15) is 11.8 Å². The van der Waals surface area contributed by atoms with Crippen molar-refractivity contribution >= 4 is 23.4 Å². The maximum absolute atomic E-state index is 12.2. The average Bonchev–Trinajstić information content (AvgIpc) is 2.54. The molecule has 0 aromatic heterocycles. The summed E-state index contributed by atoms with van der Waals surface area (Å²) in [6, 6.07) is 8.52. The van der Waals surface area contributed by atoms with E-state index in [9.17, 15) is 4.79 Å². The van der Waals surface area contributed by atoms with Crippen LogP contribution in [0.25, 0.3) is 0 Å². The number of amides is 1. The van der Waals surface area contributed by atoms with Crippen molar-refractivity contribution < 1.29 is 9.90 Å². The van der Waals surface area contributed by atoms with Gasteiger partial charge in [0.25, 0.3) is 0 Å². The van der Waals surface area contributed by atoms with Crippen molar-refractivity contribution in [2.45, 2.75) is 13.8 Å². The van der Waals surface area contributed by atoms with Crippen LogP contribution in [0.1, 0.15) is 12.5 Å². The lowest BCUT2D eigenvalue weighted by molar-refractivity contribution is -0.128. The number of piperazine rings is 1. The minimum absolute atomic E-state index is 0.191. The van der Waals surface area contributed by atoms with Crippen LogP contribution < -0.4 is 4.90 Å². The molecule has 22 heavy (non-hydrogen) atoms. The molecule has 1 heterocycles. The van der Waals surface area contributed by atoms with Crippen molar-refractivity contribution in [1.29, 1.82) is 0 Å². The van der Waals surface area contributed by atoms with Crippen molar-refractivity contribution in [3.63, 3.8) is 0 Å². The number of nitrogens with zero attached hydrogens (tertiary/aromatic N) is 2. The number of aliphatic hydroxyl groups is 1. The summed E-state index contributed by atoms with van der Waals surface area (Å²) in [7, 11) is 0. The van der Waals surface area contributed by atoms with Crippen molar-refractivity contribution in [3.05, 3.63) is 29.8 Å². The van der Waals surface area contributed by atoms with E-state index in [1.807, 2.05) is 11.8 Å². The lowest BCUT2D eigenvalue weighted by Crippen LogP contribution is -2.49. The Kier molecular flexibility index (Phi) is 6.58. The molecule has 2 rings (SSSR count). The van der Waals surface area contributed by atoms with Gasteiger partial charge in [-0.15, -0.1) is 0 Å². The predicted molar refractivity (Wildman–Crippen MR) is 93.5 cm³/mol. The SMILES string of the molecule is Cc1cccc(N2CCN(C(=O)CSCC(C)CO)CC2)c1. The molecule has 0 saturated carbocycles. The first-order valence-corrected chi connectivity index (χ1v) is 9.03. The fourth-order valence-electron chi connectivity index (χ4n) is 2.53. The summed E-state index contributed by atoms with van der Waals surface area (Å²) in [6.07, 6.45) is 0. The molecule has 1 unspecified atom stereocenters. The van der Waals surface area contributed by atoms with Gasteiger partial charge in [0.2, 0.25) is 5.91 Å². The summed E-state index contributed by atoms with van der Waals surface area (Å²) in [5.74, 6) is 1.84. The highest BCUT2D eigenvalue weighted by atomic mass is 32.2. The van der Waals surface area contributed by atoms with Crippen LogP contribution in [0.5, 0.6) is 0 Å². The fourth-order valence-corrected chi connectivity index (χ4v) is 3.51. The number of hydrogen-bond donors (Lipinski definition) is 1. The Morgan fingerprint density at radius 3 is 2.68 bits per heavy atom. The Morgan fingerprint density at radius 1 is 1.32 bits per heavy atom. The molecule has 4 nitrogen and oxygen atoms in total. The van der Waals surface area contributed by atoms with Gasteiger partial charge in [0.05, 0.1) is 5.75 Å². The summed E-state index contributed by atoms with van der Waals surface area (Å²) in [6.45, 7) is 7.67. The lowest BCUT2D eigenvalue weighted by Gasteiger charge is -2.36. The monoisotopic (exact) mass is 322 g/mol. The quantitative estimate of drug-likeness (QED) is 0.870. The zero-order valence-corrected chi connectivity index (χ0v) is 14.3. The zero-order valence-electron chi connectivity index (χ0n) is 13.5. The van der Waals surface area contributed by atoms with E-state index in [0.29, 0.717) is 5.75 Å². The first-order chi connectivity index (χ1) is 10.6. The van der Waals surface area contributed by atoms with Crippen molar-refractivity contribution in [2.75, 3.05) is 49.2 Å². The Labute approximate surface area is 137 Å². The summed E-state index contributed by atoms with van der Waals surface area (Å²) in [5.41, 5.74) is 2.52. The van der Waals surface area contributed by atoms with Crippen LogP contribution in [0.3, 0.4) is 0 Å². The van der Waals surface area contributed by atoms with Crippen LogP contribution in [0.15, 0.2) is 24.3 Å². The molecule has 0 bridgehead atoms. The molecule has 0 aliphatic carbocycles. The summed E-state index contributed by atoms with van der Waals surface area (Å²) >= 11 is 1.62. The molecular formula is C17H26N2O2S. The molecule has 1 aliphatic heterocycles. The van der Waals surface area contributed by atoms with Crippen molar-refractivity contribution in [1.82, 2.24) is 4.90 Å². The van der Waals surface area contributed by atoms with Gasteiger partial charge in [0.1, 0.15) is 0 Å². The standard InChI is InChI=1S/C17H26N2O2S/c1-14-4-3-5-16(10-14)18-6-8-19(9-7-18)17(21)13-22-12-15(2)11-20/h3-5,10,15,20H,6-9,11-13H2,1-2H3. The summed E-state index contributed by atoms with van der Waals surface area (Å²) < 4.78 is 0. The van der Waals surface area contributed by atoms with Crippen LogP contribution in [0.2, 0.25) is 0 Å². The molecule has 1 aromatic carbocycles. The molecule has 0 radical (unpaired) electrons. The number of aliphatic hydroxyl groups excluding tert-OH is 1. The van der Waals surface area contributed by atoms with E-state index in [1.54, 1.807) is 11.8 Å². The van der Waals surface area contributed by atoms with Gasteiger partial charge >= 0.3 is 0 Å². The number of anilines is 1. The maximum atomic E-state index is 12.2. The van der Waals surface area contributed by atoms with Gasteiger partial charge in [0, 0.05) is 38.5 Å². The number of aryl methyl sites for hydroxylation is 1. The topological polar surface area (TPSA) is 43.8 Å². The van der Waals surface area contributed by atoms with Gasteiger partial charge in [0.15, 0.2) is 0 Å². The highest BCUT2D eigenvalue weighted by Gasteiger charge is 2.21. The molecule has 1 fully saturated rings. The highest BCUT2D eigenvalue weighted by Crippen LogP contribution is 2.18. The Hall–Kier alpha value is -1.20. The minimum Gasteiger partial charge on any atom is -0.396 e. The number of rotatable bonds is 6. The number of hydrogen-bond acceptors (Lipinski definition) is 4.